The van der Waals surface area contributed by atoms with Gasteiger partial charge in [-0.05, 0) is 81.6 Å². The average Bonchev–Trinajstić information content (AvgIpc) is 3.49. The van der Waals surface area contributed by atoms with Crippen LogP contribution < -0.4 is 10.8 Å². The van der Waals surface area contributed by atoms with Crippen LogP contribution in [0.1, 0.15) is 78.1 Å². The molecule has 6 aliphatic rings. The molecule has 0 amide bonds. The van der Waals surface area contributed by atoms with Crippen LogP contribution in [0.2, 0.25) is 0 Å². The molecular formula is C29H46N2O13. The Kier molecular flexibility index (Phi) is 8.70. The molecule has 0 radical (unpaired) electrons. The highest BCUT2D eigenvalue weighted by Crippen LogP contribution is 2.70. The molecule has 250 valence electrons. The molecule has 0 aromatic carbocycles. The first kappa shape index (κ1) is 32.6. The molecule has 6 rings (SSSR count). The summed E-state index contributed by atoms with van der Waals surface area (Å²) in [6.07, 6.45) is 1.95. The molecule has 15 heteroatoms. The van der Waals surface area contributed by atoms with E-state index in [1.54, 1.807) is 13.0 Å². The van der Waals surface area contributed by atoms with Gasteiger partial charge in [0.2, 0.25) is 0 Å². The van der Waals surface area contributed by atoms with Gasteiger partial charge < -0.3 is 39.9 Å². The summed E-state index contributed by atoms with van der Waals surface area (Å²) in [7, 11) is 0. The molecule has 7 N–H and O–H groups in total. The number of carbonyl (C=O) groups is 1. The number of aliphatic hydroxyl groups is 3. The maximum atomic E-state index is 12.4. The molecular weight excluding hydrogens is 584 g/mol. The van der Waals surface area contributed by atoms with Crippen molar-refractivity contribution in [2.45, 2.75) is 120 Å². The Labute approximate surface area is 255 Å². The van der Waals surface area contributed by atoms with Crippen molar-refractivity contribution in [3.63, 3.8) is 0 Å². The maximum absolute atomic E-state index is 12.4. The van der Waals surface area contributed by atoms with Crippen molar-refractivity contribution >= 4 is 5.97 Å². The molecule has 1 saturated heterocycles. The number of cyclic esters (lactones) is 1. The molecule has 0 bridgehead atoms. The third-order valence-corrected chi connectivity index (χ3v) is 12.5. The first-order chi connectivity index (χ1) is 20.7. The Balaban J connectivity index is 1.17. The van der Waals surface area contributed by atoms with E-state index >= 15 is 0 Å². The van der Waals surface area contributed by atoms with Crippen LogP contribution in [0, 0.1) is 39.0 Å². The van der Waals surface area contributed by atoms with Crippen molar-refractivity contribution in [2.24, 2.45) is 28.6 Å². The smallest absolute Gasteiger partial charge is 0.331 e. The third-order valence-electron chi connectivity index (χ3n) is 12.5. The summed E-state index contributed by atoms with van der Waals surface area (Å²) < 4.78 is 17.3. The van der Waals surface area contributed by atoms with E-state index in [1.165, 1.54) is 0 Å². The van der Waals surface area contributed by atoms with E-state index in [-0.39, 0.29) is 49.8 Å². The minimum Gasteiger partial charge on any atom is -0.566 e. The van der Waals surface area contributed by atoms with E-state index in [1.807, 2.05) is 0 Å². The van der Waals surface area contributed by atoms with Crippen molar-refractivity contribution in [3.05, 3.63) is 22.1 Å². The minimum absolute atomic E-state index is 0.0437. The van der Waals surface area contributed by atoms with E-state index in [2.05, 4.69) is 6.92 Å². The van der Waals surface area contributed by atoms with E-state index in [9.17, 15) is 35.7 Å². The summed E-state index contributed by atoms with van der Waals surface area (Å²) in [5, 5.41) is 73.3. The second kappa shape index (κ2) is 11.7. The van der Waals surface area contributed by atoms with E-state index in [4.69, 9.17) is 29.1 Å². The monoisotopic (exact) mass is 630 g/mol. The standard InChI is InChI=1S/C29H46N2O13/c1-16-25(44-31(38)39)22(43-30(36)37)12-24(41-16)42-18-3-8-27(15-32)20-4-7-26(2)19(17-11-23(33)40-14-17)6-10-29(26,35)21(20)5-9-28(27,34)13-18/h11,16,18-22,24-25,30-32,34-36,38H,3-10,12-15H2,1-2H3/t16-,18+,19-,20+,21+,22-,24+,25-,26-,27+,28+,29+/m1/s1. The molecule has 44 heavy (non-hydrogen) atoms. The Morgan fingerprint density at radius 1 is 1.02 bits per heavy atom. The second-order valence-electron chi connectivity index (χ2n) is 14.2. The number of esters is 1. The Bertz CT molecular complexity index is 1120. The predicted molar refractivity (Wildman–Crippen MR) is 144 cm³/mol. The highest BCUT2D eigenvalue weighted by atomic mass is 17.1. The fourth-order valence-electron chi connectivity index (χ4n) is 10.4. The van der Waals surface area contributed by atoms with Gasteiger partial charge in [0.25, 0.3) is 0 Å². The van der Waals surface area contributed by atoms with Crippen molar-refractivity contribution < 1.29 is 65.2 Å². The molecule has 0 aromatic rings. The Hall–Kier alpha value is -1.31. The summed E-state index contributed by atoms with van der Waals surface area (Å²) in [5.74, 6) is -0.507. The first-order valence-corrected chi connectivity index (χ1v) is 15.8. The lowest BCUT2D eigenvalue weighted by Gasteiger charge is -2.66. The average molecular weight is 631 g/mol. The molecule has 0 spiro atoms. The first-order valence-electron chi connectivity index (χ1n) is 15.8. The van der Waals surface area contributed by atoms with Gasteiger partial charge in [0.1, 0.15) is 6.61 Å². The van der Waals surface area contributed by atoms with Crippen LogP contribution >= 0.6 is 0 Å². The van der Waals surface area contributed by atoms with Gasteiger partial charge >= 0.3 is 5.97 Å². The fraction of sp³-hybridized carbons (Fsp3) is 0.897. The number of rotatable bonds is 8. The normalized spacial score (nSPS) is 50.2. The van der Waals surface area contributed by atoms with E-state index in [0.717, 1.165) is 18.4 Å². The van der Waals surface area contributed by atoms with Crippen molar-refractivity contribution in [1.29, 1.82) is 0 Å². The van der Waals surface area contributed by atoms with Crippen LogP contribution in [0.3, 0.4) is 0 Å². The lowest BCUT2D eigenvalue weighted by molar-refractivity contribution is -1.22. The summed E-state index contributed by atoms with van der Waals surface area (Å²) in [6.45, 7) is 3.73. The second-order valence-corrected chi connectivity index (χ2v) is 14.2. The highest BCUT2D eigenvalue weighted by molar-refractivity contribution is 5.85. The Morgan fingerprint density at radius 3 is 2.41 bits per heavy atom. The number of nitrogens with one attached hydrogen (secondary N) is 2. The van der Waals surface area contributed by atoms with Gasteiger partial charge in [0.15, 0.2) is 18.5 Å². The van der Waals surface area contributed by atoms with Crippen molar-refractivity contribution in [2.75, 3.05) is 13.2 Å². The number of quaternary nitrogens is 2. The van der Waals surface area contributed by atoms with Gasteiger partial charge in [-0.15, -0.1) is 0 Å². The lowest BCUT2D eigenvalue weighted by atomic mass is 9.41. The van der Waals surface area contributed by atoms with E-state index < -0.39 is 63.5 Å². The topological polar surface area (TPSA) is 219 Å². The van der Waals surface area contributed by atoms with Crippen LogP contribution in [0.15, 0.2) is 11.6 Å². The number of ether oxygens (including phenoxy) is 3. The van der Waals surface area contributed by atoms with Gasteiger partial charge in [-0.25, -0.2) is 4.79 Å². The molecule has 2 heterocycles. The number of carbonyl (C=O) groups excluding carboxylic acids is 1. The summed E-state index contributed by atoms with van der Waals surface area (Å²) in [5.41, 5.74) is -2.57. The van der Waals surface area contributed by atoms with Crippen molar-refractivity contribution in [1.82, 2.24) is 0 Å². The number of hydrogen-bond donors (Lipinski definition) is 7. The summed E-state index contributed by atoms with van der Waals surface area (Å²) in [4.78, 5) is 21.6. The van der Waals surface area contributed by atoms with Crippen LogP contribution in [0.4, 0.5) is 0 Å². The third kappa shape index (κ3) is 5.14. The largest absolute Gasteiger partial charge is 0.566 e. The van der Waals surface area contributed by atoms with Crippen LogP contribution in [-0.2, 0) is 28.7 Å². The summed E-state index contributed by atoms with van der Waals surface area (Å²) >= 11 is 0. The molecule has 0 aromatic heterocycles. The zero-order chi connectivity index (χ0) is 31.7. The predicted octanol–water partition coefficient (Wildman–Crippen LogP) is -1.00. The number of aliphatic hydroxyl groups excluding tert-OH is 1. The molecule has 5 fully saturated rings. The zero-order valence-corrected chi connectivity index (χ0v) is 25.2. The highest BCUT2D eigenvalue weighted by Gasteiger charge is 2.71. The fourth-order valence-corrected chi connectivity index (χ4v) is 10.4. The lowest BCUT2D eigenvalue weighted by Crippen LogP contribution is -3.07. The van der Waals surface area contributed by atoms with Gasteiger partial charge in [-0.1, -0.05) is 17.7 Å². The number of fused-ring (bicyclic) bond motifs is 5. The SMILES string of the molecule is C[C@H]1O[C@@H](O[C@H]2CC[C@]3(CO)[C@H]4CC[C@]5(C)[C@@H](C6=CC(=O)OC6)CC[C@]5(O)[C@H]4CC[C@]3(O)C2)C[C@@H](O[NH+]([O-])O)[C@@H]1O[NH+]([O-])O. The van der Waals surface area contributed by atoms with Gasteiger partial charge in [0, 0.05) is 29.7 Å². The van der Waals surface area contributed by atoms with Crippen LogP contribution in [0.5, 0.6) is 0 Å². The van der Waals surface area contributed by atoms with Crippen molar-refractivity contribution in [3.8, 4) is 0 Å². The van der Waals surface area contributed by atoms with Gasteiger partial charge in [-0.2, -0.15) is 20.1 Å². The van der Waals surface area contributed by atoms with E-state index in [0.29, 0.717) is 38.5 Å². The Morgan fingerprint density at radius 2 is 1.75 bits per heavy atom. The van der Waals surface area contributed by atoms with Gasteiger partial charge in [0.05, 0.1) is 30.0 Å². The van der Waals surface area contributed by atoms with Gasteiger partial charge in [-0.3, -0.25) is 0 Å². The summed E-state index contributed by atoms with van der Waals surface area (Å²) in [6, 6.07) is 0. The molecule has 2 aliphatic heterocycles. The molecule has 4 aliphatic carbocycles. The number of hydrogen-bond acceptors (Lipinski definition) is 13. The molecule has 14 atom stereocenters. The minimum atomic E-state index is -1.57. The molecule has 4 saturated carbocycles. The molecule has 2 unspecified atom stereocenters. The zero-order valence-electron chi connectivity index (χ0n) is 25.2. The maximum Gasteiger partial charge on any atom is 0.331 e. The van der Waals surface area contributed by atoms with Crippen LogP contribution in [-0.4, -0.2) is 86.8 Å². The van der Waals surface area contributed by atoms with Crippen LogP contribution in [0.25, 0.3) is 0 Å². The quantitative estimate of drug-likeness (QED) is 0.0973. The molecule has 15 nitrogen and oxygen atoms in total.